The minimum absolute atomic E-state index is 0.0478. The quantitative estimate of drug-likeness (QED) is 0.238. The van der Waals surface area contributed by atoms with Crippen LogP contribution in [0.5, 0.6) is 5.75 Å². The zero-order valence-electron chi connectivity index (χ0n) is 18.9. The summed E-state index contributed by atoms with van der Waals surface area (Å²) in [7, 11) is 0. The molecule has 2 heterocycles. The number of nitrogens with one attached hydrogen (secondary N) is 1. The number of aromatic nitrogens is 1. The fourth-order valence-electron chi connectivity index (χ4n) is 4.58. The predicted octanol–water partition coefficient (Wildman–Crippen LogP) is 5.50. The van der Waals surface area contributed by atoms with E-state index in [4.69, 9.17) is 4.74 Å². The summed E-state index contributed by atoms with van der Waals surface area (Å²) in [6.45, 7) is 4.27. The molecule has 4 aromatic rings. The van der Waals surface area contributed by atoms with Crippen molar-refractivity contribution in [1.29, 1.82) is 0 Å². The van der Waals surface area contributed by atoms with Crippen molar-refractivity contribution in [2.75, 3.05) is 11.5 Å². The topological polar surface area (TPSA) is 82.6 Å². The zero-order chi connectivity index (χ0) is 23.8. The van der Waals surface area contributed by atoms with E-state index in [1.165, 1.54) is 4.90 Å². The molecule has 1 aromatic heterocycles. The number of rotatable bonds is 5. The van der Waals surface area contributed by atoms with Gasteiger partial charge in [-0.15, -0.1) is 0 Å². The molecule has 3 aromatic carbocycles. The number of carbonyl (C=O) groups is 2. The second-order valence-electron chi connectivity index (χ2n) is 8.21. The van der Waals surface area contributed by atoms with Crippen molar-refractivity contribution >= 4 is 34.0 Å². The Morgan fingerprint density at radius 3 is 2.59 bits per heavy atom. The number of hydrogen-bond donors (Lipinski definition) is 2. The van der Waals surface area contributed by atoms with Crippen molar-refractivity contribution < 1.29 is 19.4 Å². The minimum Gasteiger partial charge on any atom is -0.507 e. The number of ether oxygens (including phenoxy) is 1. The first kappa shape index (κ1) is 21.5. The lowest BCUT2D eigenvalue weighted by Gasteiger charge is -2.27. The number of benzene rings is 3. The summed E-state index contributed by atoms with van der Waals surface area (Å²) < 4.78 is 5.68. The molecule has 0 spiro atoms. The van der Waals surface area contributed by atoms with E-state index in [1.54, 1.807) is 6.20 Å². The van der Waals surface area contributed by atoms with Crippen molar-refractivity contribution in [3.63, 3.8) is 0 Å². The highest BCUT2D eigenvalue weighted by Gasteiger charge is 2.47. The number of hydrogen-bond acceptors (Lipinski definition) is 4. The number of ketones is 1. The summed E-state index contributed by atoms with van der Waals surface area (Å²) in [5.41, 5.74) is 3.50. The first-order valence-electron chi connectivity index (χ1n) is 11.2. The molecule has 1 amide bonds. The van der Waals surface area contributed by atoms with Crippen molar-refractivity contribution in [2.45, 2.75) is 19.9 Å². The van der Waals surface area contributed by atoms with Crippen LogP contribution in [0.1, 0.15) is 29.7 Å². The molecular weight excluding hydrogens is 428 g/mol. The number of fused-ring (bicyclic) bond motifs is 1. The zero-order valence-corrected chi connectivity index (χ0v) is 18.9. The molecule has 1 fully saturated rings. The monoisotopic (exact) mass is 452 g/mol. The Morgan fingerprint density at radius 1 is 1.03 bits per heavy atom. The fraction of sp³-hybridized carbons (Fsp3) is 0.143. The van der Waals surface area contributed by atoms with Crippen molar-refractivity contribution in [3.8, 4) is 5.75 Å². The van der Waals surface area contributed by atoms with E-state index in [-0.39, 0.29) is 11.3 Å². The van der Waals surface area contributed by atoms with Gasteiger partial charge in [0.15, 0.2) is 0 Å². The number of aliphatic hydroxyl groups excluding tert-OH is 1. The van der Waals surface area contributed by atoms with Gasteiger partial charge in [0, 0.05) is 28.4 Å². The molecule has 1 saturated heterocycles. The van der Waals surface area contributed by atoms with E-state index in [0.29, 0.717) is 29.2 Å². The molecule has 0 bridgehead atoms. The number of Topliss-reactive ketones (excluding diaryl/α,β-unsaturated/α-hetero) is 1. The number of H-pyrrole nitrogens is 1. The molecule has 0 saturated carbocycles. The highest BCUT2D eigenvalue weighted by Crippen LogP contribution is 2.44. The maximum Gasteiger partial charge on any atom is 0.300 e. The number of aromatic amines is 1. The van der Waals surface area contributed by atoms with Crippen LogP contribution < -0.4 is 9.64 Å². The molecule has 6 heteroatoms. The van der Waals surface area contributed by atoms with Crippen LogP contribution in [0.2, 0.25) is 0 Å². The average Bonchev–Trinajstić information content (AvgIpc) is 3.39. The normalized spacial score (nSPS) is 17.5. The Hall–Kier alpha value is -4.32. The van der Waals surface area contributed by atoms with Crippen LogP contribution in [0.4, 0.5) is 5.69 Å². The number of amides is 1. The SMILES string of the molecule is CCOc1cccc(C2/C(=C(/O)c3c[nH]c4ccccc34)C(=O)C(=O)N2c2ccccc2C)c1. The highest BCUT2D eigenvalue weighted by atomic mass is 16.5. The van der Waals surface area contributed by atoms with Gasteiger partial charge >= 0.3 is 0 Å². The van der Waals surface area contributed by atoms with Crippen molar-refractivity contribution in [1.82, 2.24) is 4.98 Å². The molecule has 1 unspecified atom stereocenters. The minimum atomic E-state index is -0.810. The van der Waals surface area contributed by atoms with Gasteiger partial charge in [-0.2, -0.15) is 0 Å². The standard InChI is InChI=1S/C28H24N2O4/c1-3-34-19-11-8-10-18(15-19)25-24(26(31)21-16-29-22-13-6-5-12-20(21)22)27(32)28(33)30(25)23-14-7-4-9-17(23)2/h4-16,25,29,31H,3H2,1-2H3/b26-24-. The summed E-state index contributed by atoms with van der Waals surface area (Å²) in [4.78, 5) is 31.4. The number of aliphatic hydroxyl groups is 1. The van der Waals surface area contributed by atoms with E-state index in [1.807, 2.05) is 86.6 Å². The van der Waals surface area contributed by atoms with E-state index in [0.717, 1.165) is 16.5 Å². The van der Waals surface area contributed by atoms with Gasteiger partial charge in [-0.25, -0.2) is 0 Å². The number of carbonyl (C=O) groups excluding carboxylic acids is 2. The summed E-state index contributed by atoms with van der Waals surface area (Å²) >= 11 is 0. The predicted molar refractivity (Wildman–Crippen MR) is 132 cm³/mol. The molecule has 1 aliphatic heterocycles. The smallest absolute Gasteiger partial charge is 0.300 e. The lowest BCUT2D eigenvalue weighted by atomic mass is 9.94. The Balaban J connectivity index is 1.77. The van der Waals surface area contributed by atoms with Gasteiger partial charge in [-0.3, -0.25) is 14.5 Å². The van der Waals surface area contributed by atoms with E-state index in [9.17, 15) is 14.7 Å². The summed E-state index contributed by atoms with van der Waals surface area (Å²) in [6.07, 6.45) is 1.66. The Morgan fingerprint density at radius 2 is 1.79 bits per heavy atom. The van der Waals surface area contributed by atoms with E-state index in [2.05, 4.69) is 4.98 Å². The van der Waals surface area contributed by atoms with Gasteiger partial charge in [-0.1, -0.05) is 48.5 Å². The lowest BCUT2D eigenvalue weighted by molar-refractivity contribution is -0.132. The van der Waals surface area contributed by atoms with Gasteiger partial charge < -0.3 is 14.8 Å². The molecule has 0 aliphatic carbocycles. The number of aryl methyl sites for hydroxylation is 1. The molecule has 1 atom stereocenters. The molecule has 2 N–H and O–H groups in total. The second-order valence-corrected chi connectivity index (χ2v) is 8.21. The van der Waals surface area contributed by atoms with Crippen LogP contribution in [0.3, 0.4) is 0 Å². The van der Waals surface area contributed by atoms with Crippen LogP contribution in [0, 0.1) is 6.92 Å². The first-order valence-corrected chi connectivity index (χ1v) is 11.2. The third kappa shape index (κ3) is 3.44. The number of para-hydroxylation sites is 2. The Labute approximate surface area is 197 Å². The molecule has 170 valence electrons. The van der Waals surface area contributed by atoms with E-state index < -0.39 is 17.7 Å². The largest absolute Gasteiger partial charge is 0.507 e. The van der Waals surface area contributed by atoms with Crippen LogP contribution in [0.15, 0.2) is 84.6 Å². The molecule has 1 aliphatic rings. The third-order valence-electron chi connectivity index (χ3n) is 6.15. The molecule has 5 rings (SSSR count). The number of nitrogens with zero attached hydrogens (tertiary/aromatic N) is 1. The van der Waals surface area contributed by atoms with Gasteiger partial charge in [0.2, 0.25) is 0 Å². The molecule has 34 heavy (non-hydrogen) atoms. The van der Waals surface area contributed by atoms with Crippen LogP contribution in [-0.4, -0.2) is 28.4 Å². The van der Waals surface area contributed by atoms with Crippen LogP contribution >= 0.6 is 0 Å². The molecule has 6 nitrogen and oxygen atoms in total. The van der Waals surface area contributed by atoms with E-state index >= 15 is 0 Å². The average molecular weight is 453 g/mol. The first-order chi connectivity index (χ1) is 16.5. The Bertz CT molecular complexity index is 1450. The van der Waals surface area contributed by atoms with Crippen molar-refractivity contribution in [3.05, 3.63) is 101 Å². The maximum absolute atomic E-state index is 13.4. The molecular formula is C28H24N2O4. The molecule has 0 radical (unpaired) electrons. The summed E-state index contributed by atoms with van der Waals surface area (Å²) in [6, 6.07) is 21.4. The van der Waals surface area contributed by atoms with Gasteiger partial charge in [-0.05, 0) is 49.2 Å². The third-order valence-corrected chi connectivity index (χ3v) is 6.15. The van der Waals surface area contributed by atoms with Crippen LogP contribution in [-0.2, 0) is 9.59 Å². The van der Waals surface area contributed by atoms with Gasteiger partial charge in [0.1, 0.15) is 11.5 Å². The fourth-order valence-corrected chi connectivity index (χ4v) is 4.58. The summed E-state index contributed by atoms with van der Waals surface area (Å²) in [5, 5.41) is 12.2. The van der Waals surface area contributed by atoms with Gasteiger partial charge in [0.05, 0.1) is 18.2 Å². The van der Waals surface area contributed by atoms with Crippen LogP contribution in [0.25, 0.3) is 16.7 Å². The second kappa shape index (κ2) is 8.56. The highest BCUT2D eigenvalue weighted by molar-refractivity contribution is 6.52. The number of anilines is 1. The Kier molecular flexibility index (Phi) is 5.42. The summed E-state index contributed by atoms with van der Waals surface area (Å²) in [5.74, 6) is -0.985. The maximum atomic E-state index is 13.4. The van der Waals surface area contributed by atoms with Gasteiger partial charge in [0.25, 0.3) is 11.7 Å². The lowest BCUT2D eigenvalue weighted by Crippen LogP contribution is -2.30. The van der Waals surface area contributed by atoms with Crippen molar-refractivity contribution in [2.24, 2.45) is 0 Å².